The van der Waals surface area contributed by atoms with E-state index < -0.39 is 0 Å². The molecule has 2 atom stereocenters. The average Bonchev–Trinajstić information content (AvgIpc) is 3.45. The first kappa shape index (κ1) is 22.7. The fourth-order valence-electron chi connectivity index (χ4n) is 6.59. The summed E-state index contributed by atoms with van der Waals surface area (Å²) in [5.41, 5.74) is 5.03. The highest BCUT2D eigenvalue weighted by atomic mass is 16.5. The highest BCUT2D eigenvalue weighted by Gasteiger charge is 2.30. The number of fused-ring (bicyclic) bond motifs is 5. The highest BCUT2D eigenvalue weighted by molar-refractivity contribution is 6.12. The second kappa shape index (κ2) is 9.42. The van der Waals surface area contributed by atoms with Crippen LogP contribution in [0.3, 0.4) is 0 Å². The van der Waals surface area contributed by atoms with Crippen molar-refractivity contribution in [1.29, 1.82) is 0 Å². The van der Waals surface area contributed by atoms with E-state index in [0.29, 0.717) is 5.76 Å². The van der Waals surface area contributed by atoms with Crippen molar-refractivity contribution in [3.8, 4) is 0 Å². The summed E-state index contributed by atoms with van der Waals surface area (Å²) in [6.07, 6.45) is 19.4. The van der Waals surface area contributed by atoms with Crippen LogP contribution < -0.4 is 10.6 Å². The lowest BCUT2D eigenvalue weighted by atomic mass is 9.86. The highest BCUT2D eigenvalue weighted by Crippen LogP contribution is 2.38. The molecule has 0 spiro atoms. The van der Waals surface area contributed by atoms with Gasteiger partial charge in [0, 0.05) is 5.57 Å². The van der Waals surface area contributed by atoms with Gasteiger partial charge in [-0.25, -0.2) is 0 Å². The third-order valence-electron chi connectivity index (χ3n) is 8.49. The lowest BCUT2D eigenvalue weighted by Crippen LogP contribution is -2.49. The lowest BCUT2D eigenvalue weighted by molar-refractivity contribution is 0.0940. The molecule has 37 heavy (non-hydrogen) atoms. The molecule has 188 valence electrons. The van der Waals surface area contributed by atoms with Gasteiger partial charge in [0.05, 0.1) is 6.04 Å². The van der Waals surface area contributed by atoms with Crippen LogP contribution in [0.1, 0.15) is 67.7 Å². The predicted molar refractivity (Wildman–Crippen MR) is 151 cm³/mol. The summed E-state index contributed by atoms with van der Waals surface area (Å²) in [4.78, 5) is 0. The Bertz CT molecular complexity index is 1490. The average molecular weight is 491 g/mol. The Morgan fingerprint density at radius 2 is 1.62 bits per heavy atom. The smallest absolute Gasteiger partial charge is 0.186 e. The van der Waals surface area contributed by atoms with E-state index in [2.05, 4.69) is 71.3 Å². The van der Waals surface area contributed by atoms with E-state index in [9.17, 15) is 5.11 Å². The summed E-state index contributed by atoms with van der Waals surface area (Å²) in [5, 5.41) is 23.3. The summed E-state index contributed by atoms with van der Waals surface area (Å²) in [5.74, 6) is 1.19. The van der Waals surface area contributed by atoms with Crippen LogP contribution in [0, 0.1) is 0 Å². The van der Waals surface area contributed by atoms with Crippen molar-refractivity contribution in [2.24, 2.45) is 0 Å². The van der Waals surface area contributed by atoms with Gasteiger partial charge >= 0.3 is 0 Å². The van der Waals surface area contributed by atoms with Gasteiger partial charge in [0.15, 0.2) is 5.88 Å². The number of ether oxygens (including phenoxy) is 1. The fourth-order valence-corrected chi connectivity index (χ4v) is 6.59. The molecule has 1 saturated carbocycles. The van der Waals surface area contributed by atoms with E-state index >= 15 is 0 Å². The molecule has 1 fully saturated rings. The summed E-state index contributed by atoms with van der Waals surface area (Å²) < 4.78 is 6.53. The van der Waals surface area contributed by atoms with Gasteiger partial charge in [-0.05, 0) is 108 Å². The van der Waals surface area contributed by atoms with E-state index in [1.807, 2.05) is 12.2 Å². The molecule has 3 aromatic carbocycles. The van der Waals surface area contributed by atoms with Gasteiger partial charge in [0.2, 0.25) is 0 Å². The topological polar surface area (TPSA) is 53.5 Å². The lowest BCUT2D eigenvalue weighted by Gasteiger charge is -2.35. The number of hydrogen-bond donors (Lipinski definition) is 3. The normalized spacial score (nSPS) is 23.8. The van der Waals surface area contributed by atoms with Crippen LogP contribution in [0.4, 0.5) is 0 Å². The zero-order valence-corrected chi connectivity index (χ0v) is 21.2. The van der Waals surface area contributed by atoms with Gasteiger partial charge in [-0.3, -0.25) is 5.32 Å². The molecule has 4 nitrogen and oxygen atoms in total. The molecule has 0 radical (unpaired) electrons. The maximum Gasteiger partial charge on any atom is 0.186 e. The molecule has 4 heteroatoms. The Morgan fingerprint density at radius 1 is 0.838 bits per heavy atom. The maximum atomic E-state index is 10.7. The monoisotopic (exact) mass is 490 g/mol. The van der Waals surface area contributed by atoms with Crippen LogP contribution in [0.25, 0.3) is 27.6 Å². The van der Waals surface area contributed by atoms with E-state index in [4.69, 9.17) is 4.74 Å². The van der Waals surface area contributed by atoms with E-state index in [1.54, 1.807) is 0 Å². The molecule has 0 aromatic heterocycles. The third kappa shape index (κ3) is 4.14. The Balaban J connectivity index is 1.39. The SMILES string of the molecule is OC1=C(C2NC(OC3CCCC3)=CC(c3cc4c5c(ccc4c4ccccc34)CCC=C5)N2)CCC=C1. The number of aryl methyl sites for hydroxylation is 1. The molecule has 3 aromatic rings. The van der Waals surface area contributed by atoms with Crippen molar-refractivity contribution in [3.63, 3.8) is 0 Å². The van der Waals surface area contributed by atoms with Crippen LogP contribution >= 0.6 is 0 Å². The predicted octanol–water partition coefficient (Wildman–Crippen LogP) is 7.48. The number of hydrogen-bond acceptors (Lipinski definition) is 4. The second-order valence-electron chi connectivity index (χ2n) is 10.8. The number of benzene rings is 3. The number of nitrogens with one attached hydrogen (secondary N) is 2. The summed E-state index contributed by atoms with van der Waals surface area (Å²) in [6.45, 7) is 0. The minimum absolute atomic E-state index is 0.0495. The van der Waals surface area contributed by atoms with Crippen LogP contribution in [-0.4, -0.2) is 17.4 Å². The van der Waals surface area contributed by atoms with E-state index in [0.717, 1.165) is 50.0 Å². The first-order chi connectivity index (χ1) is 18.2. The molecule has 0 saturated heterocycles. The van der Waals surface area contributed by atoms with Gasteiger partial charge in [0.1, 0.15) is 18.0 Å². The molecule has 2 unspecified atom stereocenters. The zero-order chi connectivity index (χ0) is 24.8. The van der Waals surface area contributed by atoms with Gasteiger partial charge in [-0.2, -0.15) is 0 Å². The fraction of sp³-hybridized carbons (Fsp3) is 0.333. The summed E-state index contributed by atoms with van der Waals surface area (Å²) >= 11 is 0. The van der Waals surface area contributed by atoms with Crippen LogP contribution in [0.5, 0.6) is 0 Å². The Kier molecular flexibility index (Phi) is 5.78. The molecule has 1 aliphatic heterocycles. The van der Waals surface area contributed by atoms with Gasteiger partial charge in [-0.15, -0.1) is 0 Å². The van der Waals surface area contributed by atoms with Crippen molar-refractivity contribution in [3.05, 3.63) is 101 Å². The summed E-state index contributed by atoms with van der Waals surface area (Å²) in [6, 6.07) is 15.7. The standard InChI is InChI=1S/C33H34N2O2/c36-31-16-8-7-15-27(31)33-34-30(20-32(35-33)37-22-10-2-3-11-22)29-19-28-23-12-4-1-9-21(23)17-18-26(28)24-13-5-6-14-25(24)29/h4-6,8,12-14,16-20,22,30,33-36H,1-3,7,9-11,15H2. The Morgan fingerprint density at radius 3 is 2.49 bits per heavy atom. The van der Waals surface area contributed by atoms with Crippen molar-refractivity contribution in [2.75, 3.05) is 0 Å². The number of allylic oxidation sites excluding steroid dienone is 3. The van der Waals surface area contributed by atoms with Crippen LogP contribution in [0.15, 0.2) is 84.0 Å². The largest absolute Gasteiger partial charge is 0.508 e. The van der Waals surface area contributed by atoms with Crippen LogP contribution in [-0.2, 0) is 11.2 Å². The molecular formula is C33H34N2O2. The van der Waals surface area contributed by atoms with Crippen molar-refractivity contribution in [1.82, 2.24) is 10.6 Å². The molecule has 3 N–H and O–H groups in total. The first-order valence-corrected chi connectivity index (χ1v) is 13.9. The molecule has 3 aliphatic carbocycles. The quantitative estimate of drug-likeness (QED) is 0.332. The van der Waals surface area contributed by atoms with Crippen molar-refractivity contribution in [2.45, 2.75) is 69.7 Å². The molecule has 0 amide bonds. The Labute approximate surface area is 218 Å². The number of aliphatic hydroxyl groups is 1. The van der Waals surface area contributed by atoms with Crippen molar-refractivity contribution < 1.29 is 9.84 Å². The van der Waals surface area contributed by atoms with Gasteiger partial charge < -0.3 is 15.2 Å². The molecular weight excluding hydrogens is 456 g/mol. The number of rotatable bonds is 4. The van der Waals surface area contributed by atoms with Crippen molar-refractivity contribution >= 4 is 27.6 Å². The summed E-state index contributed by atoms with van der Waals surface area (Å²) in [7, 11) is 0. The first-order valence-electron chi connectivity index (χ1n) is 13.9. The zero-order valence-electron chi connectivity index (χ0n) is 21.2. The van der Waals surface area contributed by atoms with Gasteiger partial charge in [0.25, 0.3) is 0 Å². The Hall–Kier alpha value is -3.50. The second-order valence-corrected chi connectivity index (χ2v) is 10.8. The van der Waals surface area contributed by atoms with Gasteiger partial charge in [-0.1, -0.05) is 54.6 Å². The van der Waals surface area contributed by atoms with E-state index in [-0.39, 0.29) is 18.3 Å². The maximum absolute atomic E-state index is 10.7. The molecule has 0 bridgehead atoms. The molecule has 4 aliphatic rings. The van der Waals surface area contributed by atoms with Crippen LogP contribution in [0.2, 0.25) is 0 Å². The molecule has 1 heterocycles. The van der Waals surface area contributed by atoms with E-state index in [1.165, 1.54) is 51.1 Å². The third-order valence-corrected chi connectivity index (χ3v) is 8.49. The number of aliphatic hydroxyl groups excluding tert-OH is 1. The minimum Gasteiger partial charge on any atom is -0.508 e. The minimum atomic E-state index is -0.185. The molecule has 7 rings (SSSR count).